The van der Waals surface area contributed by atoms with Crippen molar-refractivity contribution in [1.82, 2.24) is 16.0 Å². The summed E-state index contributed by atoms with van der Waals surface area (Å²) in [6.07, 6.45) is 0.341. The third-order valence-corrected chi connectivity index (χ3v) is 1.50. The molecular weight excluding hydrogens is 126 g/mol. The van der Waals surface area contributed by atoms with E-state index in [-0.39, 0.29) is 0 Å². The summed E-state index contributed by atoms with van der Waals surface area (Å²) < 4.78 is 0. The maximum absolute atomic E-state index is 4.40. The van der Waals surface area contributed by atoms with E-state index >= 15 is 0 Å². The van der Waals surface area contributed by atoms with Crippen molar-refractivity contribution in [2.24, 2.45) is 0 Å². The highest BCUT2D eigenvalue weighted by molar-refractivity contribution is 4.73. The van der Waals surface area contributed by atoms with Crippen LogP contribution in [0.2, 0.25) is 0 Å². The molecule has 0 saturated carbocycles. The molecule has 0 amide bonds. The van der Waals surface area contributed by atoms with E-state index in [1.54, 1.807) is 0 Å². The molecule has 1 rings (SSSR count). The lowest BCUT2D eigenvalue weighted by Crippen LogP contribution is -2.53. The molecule has 0 bridgehead atoms. The van der Waals surface area contributed by atoms with Crippen LogP contribution < -0.4 is 16.0 Å². The SMILES string of the molecule is CC(C)NC1CNCC[N]1. The second kappa shape index (κ2) is 3.91. The maximum atomic E-state index is 4.40. The first-order chi connectivity index (χ1) is 4.79. The quantitative estimate of drug-likeness (QED) is 0.546. The predicted octanol–water partition coefficient (Wildman–Crippen LogP) is -0.482. The highest BCUT2D eigenvalue weighted by Crippen LogP contribution is 1.87. The fourth-order valence-corrected chi connectivity index (χ4v) is 1.10. The Labute approximate surface area is 62.6 Å². The summed E-state index contributed by atoms with van der Waals surface area (Å²) in [7, 11) is 0. The Balaban J connectivity index is 2.13. The van der Waals surface area contributed by atoms with Crippen LogP contribution in [-0.4, -0.2) is 31.8 Å². The Hall–Kier alpha value is -0.120. The van der Waals surface area contributed by atoms with Crippen LogP contribution in [0.4, 0.5) is 0 Å². The van der Waals surface area contributed by atoms with Crippen molar-refractivity contribution in [1.29, 1.82) is 0 Å². The molecule has 0 aromatic rings. The van der Waals surface area contributed by atoms with Crippen LogP contribution in [0.5, 0.6) is 0 Å². The van der Waals surface area contributed by atoms with Gasteiger partial charge in [-0.15, -0.1) is 0 Å². The second-order valence-corrected chi connectivity index (χ2v) is 2.95. The molecule has 59 valence electrons. The molecule has 0 aromatic heterocycles. The Kier molecular flexibility index (Phi) is 3.12. The summed E-state index contributed by atoms with van der Waals surface area (Å²) in [5.41, 5.74) is 0. The number of nitrogens with one attached hydrogen (secondary N) is 2. The Bertz CT molecular complexity index is 86.9. The summed E-state index contributed by atoms with van der Waals surface area (Å²) in [5, 5.41) is 11.0. The van der Waals surface area contributed by atoms with Crippen molar-refractivity contribution in [3.05, 3.63) is 0 Å². The molecule has 3 heteroatoms. The molecule has 1 saturated heterocycles. The first-order valence-electron chi connectivity index (χ1n) is 3.92. The van der Waals surface area contributed by atoms with E-state index in [0.717, 1.165) is 19.6 Å². The molecule has 0 aliphatic carbocycles. The fraction of sp³-hybridized carbons (Fsp3) is 1.00. The van der Waals surface area contributed by atoms with Gasteiger partial charge in [-0.3, -0.25) is 5.32 Å². The smallest absolute Gasteiger partial charge is 0.0864 e. The van der Waals surface area contributed by atoms with E-state index in [2.05, 4.69) is 29.8 Å². The lowest BCUT2D eigenvalue weighted by Gasteiger charge is -2.25. The summed E-state index contributed by atoms with van der Waals surface area (Å²) in [5.74, 6) is 0. The molecule has 2 N–H and O–H groups in total. The molecule has 1 aliphatic heterocycles. The first-order valence-corrected chi connectivity index (χ1v) is 3.92. The second-order valence-electron chi connectivity index (χ2n) is 2.95. The Morgan fingerprint density at radius 1 is 1.60 bits per heavy atom. The molecule has 1 fully saturated rings. The number of piperazine rings is 1. The van der Waals surface area contributed by atoms with Gasteiger partial charge in [0.25, 0.3) is 0 Å². The van der Waals surface area contributed by atoms with Crippen molar-refractivity contribution in [3.63, 3.8) is 0 Å². The molecule has 1 heterocycles. The molecule has 1 radical (unpaired) electrons. The monoisotopic (exact) mass is 142 g/mol. The molecule has 1 atom stereocenters. The Morgan fingerprint density at radius 2 is 2.40 bits per heavy atom. The van der Waals surface area contributed by atoms with Crippen molar-refractivity contribution in [2.45, 2.75) is 26.1 Å². The van der Waals surface area contributed by atoms with Crippen molar-refractivity contribution in [2.75, 3.05) is 19.6 Å². The third-order valence-electron chi connectivity index (χ3n) is 1.50. The first kappa shape index (κ1) is 7.98. The van der Waals surface area contributed by atoms with E-state index in [1.165, 1.54) is 0 Å². The number of rotatable bonds is 2. The fourth-order valence-electron chi connectivity index (χ4n) is 1.10. The largest absolute Gasteiger partial charge is 0.312 e. The van der Waals surface area contributed by atoms with Gasteiger partial charge < -0.3 is 5.32 Å². The van der Waals surface area contributed by atoms with Crippen LogP contribution in [0.25, 0.3) is 0 Å². The topological polar surface area (TPSA) is 38.2 Å². The Morgan fingerprint density at radius 3 is 2.90 bits per heavy atom. The average molecular weight is 142 g/mol. The molecular formula is C7H16N3. The summed E-state index contributed by atoms with van der Waals surface area (Å²) >= 11 is 0. The van der Waals surface area contributed by atoms with Crippen LogP contribution in [0.15, 0.2) is 0 Å². The number of hydrogen-bond acceptors (Lipinski definition) is 2. The number of hydrogen-bond donors (Lipinski definition) is 2. The van der Waals surface area contributed by atoms with Gasteiger partial charge in [0, 0.05) is 25.7 Å². The van der Waals surface area contributed by atoms with Gasteiger partial charge in [0.15, 0.2) is 0 Å². The minimum atomic E-state index is 0.341. The lowest BCUT2D eigenvalue weighted by molar-refractivity contribution is 0.333. The van der Waals surface area contributed by atoms with Crippen LogP contribution in [0, 0.1) is 0 Å². The number of nitrogens with zero attached hydrogens (tertiary/aromatic N) is 1. The summed E-state index contributed by atoms with van der Waals surface area (Å²) in [6.45, 7) is 7.26. The van der Waals surface area contributed by atoms with Gasteiger partial charge in [0.1, 0.15) is 0 Å². The van der Waals surface area contributed by atoms with Gasteiger partial charge in [-0.1, -0.05) is 0 Å². The molecule has 1 unspecified atom stereocenters. The van der Waals surface area contributed by atoms with Crippen LogP contribution in [0.3, 0.4) is 0 Å². The molecule has 1 aliphatic rings. The summed E-state index contributed by atoms with van der Waals surface area (Å²) in [4.78, 5) is 0. The van der Waals surface area contributed by atoms with E-state index in [9.17, 15) is 0 Å². The zero-order chi connectivity index (χ0) is 7.40. The average Bonchev–Trinajstić information content (AvgIpc) is 1.88. The van der Waals surface area contributed by atoms with Gasteiger partial charge in [-0.25, -0.2) is 5.32 Å². The standard InChI is InChI=1S/C7H16N3/c1-6(2)10-7-5-8-3-4-9-7/h6-8,10H,3-5H2,1-2H3. The molecule has 10 heavy (non-hydrogen) atoms. The lowest BCUT2D eigenvalue weighted by atomic mass is 10.3. The highest BCUT2D eigenvalue weighted by Gasteiger charge is 2.12. The third kappa shape index (κ3) is 2.64. The van der Waals surface area contributed by atoms with Gasteiger partial charge in [0.2, 0.25) is 0 Å². The van der Waals surface area contributed by atoms with Crippen molar-refractivity contribution in [3.8, 4) is 0 Å². The molecule has 0 aromatic carbocycles. The maximum Gasteiger partial charge on any atom is 0.0864 e. The van der Waals surface area contributed by atoms with Crippen LogP contribution in [0.1, 0.15) is 13.8 Å². The predicted molar refractivity (Wildman–Crippen MR) is 41.9 cm³/mol. The normalized spacial score (nSPS) is 27.3. The van der Waals surface area contributed by atoms with Crippen molar-refractivity contribution < 1.29 is 0 Å². The summed E-state index contributed by atoms with van der Waals surface area (Å²) in [6, 6.07) is 0.536. The van der Waals surface area contributed by atoms with Crippen LogP contribution >= 0.6 is 0 Å². The minimum Gasteiger partial charge on any atom is -0.312 e. The zero-order valence-electron chi connectivity index (χ0n) is 6.72. The van der Waals surface area contributed by atoms with Gasteiger partial charge >= 0.3 is 0 Å². The minimum absolute atomic E-state index is 0.341. The highest BCUT2D eigenvalue weighted by atomic mass is 15.2. The molecule has 3 nitrogen and oxygen atoms in total. The van der Waals surface area contributed by atoms with E-state index in [0.29, 0.717) is 12.2 Å². The van der Waals surface area contributed by atoms with E-state index in [1.807, 2.05) is 0 Å². The van der Waals surface area contributed by atoms with Gasteiger partial charge in [-0.2, -0.15) is 0 Å². The van der Waals surface area contributed by atoms with Crippen LogP contribution in [-0.2, 0) is 0 Å². The van der Waals surface area contributed by atoms with E-state index < -0.39 is 0 Å². The zero-order valence-corrected chi connectivity index (χ0v) is 6.72. The van der Waals surface area contributed by atoms with Crippen molar-refractivity contribution >= 4 is 0 Å². The molecule has 0 spiro atoms. The van der Waals surface area contributed by atoms with E-state index in [4.69, 9.17) is 0 Å². The van der Waals surface area contributed by atoms with Gasteiger partial charge in [-0.05, 0) is 13.8 Å². The van der Waals surface area contributed by atoms with Gasteiger partial charge in [0.05, 0.1) is 6.17 Å².